The first-order valence-electron chi connectivity index (χ1n) is 8.81. The lowest BCUT2D eigenvalue weighted by molar-refractivity contribution is 0.102. The summed E-state index contributed by atoms with van der Waals surface area (Å²) >= 11 is 0. The molecular weight excluding hydrogens is 314 g/mol. The van der Waals surface area contributed by atoms with Crippen molar-refractivity contribution in [1.29, 1.82) is 0 Å². The SMILES string of the molecule is COCC1CCCN(S(=O)(=O)NCC2(N(C)C)CCCCC2)C1. The third kappa shape index (κ3) is 4.89. The first-order chi connectivity index (χ1) is 10.9. The van der Waals surface area contributed by atoms with Crippen LogP contribution in [0.1, 0.15) is 44.9 Å². The summed E-state index contributed by atoms with van der Waals surface area (Å²) in [5.74, 6) is 0.308. The predicted molar refractivity (Wildman–Crippen MR) is 92.6 cm³/mol. The topological polar surface area (TPSA) is 61.9 Å². The van der Waals surface area contributed by atoms with Crippen LogP contribution in [-0.2, 0) is 14.9 Å². The van der Waals surface area contributed by atoms with E-state index in [-0.39, 0.29) is 5.54 Å². The summed E-state index contributed by atoms with van der Waals surface area (Å²) < 4.78 is 35.1. The molecule has 1 aliphatic heterocycles. The first kappa shape index (κ1) is 19.1. The predicted octanol–water partition coefficient (Wildman–Crippen LogP) is 1.44. The zero-order valence-corrected chi connectivity index (χ0v) is 15.7. The third-order valence-corrected chi connectivity index (χ3v) is 7.06. The molecule has 2 rings (SSSR count). The number of likely N-dealkylation sites (N-methyl/N-ethyl adjacent to an activating group) is 1. The number of methoxy groups -OCH3 is 1. The highest BCUT2D eigenvalue weighted by atomic mass is 32.2. The normalized spacial score (nSPS) is 26.5. The van der Waals surface area contributed by atoms with Gasteiger partial charge in [-0.1, -0.05) is 19.3 Å². The maximum absolute atomic E-state index is 12.7. The molecule has 2 aliphatic rings. The molecule has 1 heterocycles. The van der Waals surface area contributed by atoms with Crippen LogP contribution in [0.3, 0.4) is 0 Å². The molecular formula is C16H33N3O3S. The Morgan fingerprint density at radius 2 is 1.91 bits per heavy atom. The van der Waals surface area contributed by atoms with Gasteiger partial charge >= 0.3 is 0 Å². The van der Waals surface area contributed by atoms with E-state index in [0.717, 1.165) is 25.7 Å². The number of hydrogen-bond acceptors (Lipinski definition) is 4. The van der Waals surface area contributed by atoms with Crippen molar-refractivity contribution in [2.45, 2.75) is 50.5 Å². The van der Waals surface area contributed by atoms with Crippen LogP contribution in [-0.4, -0.2) is 70.6 Å². The van der Waals surface area contributed by atoms with Crippen LogP contribution >= 0.6 is 0 Å². The van der Waals surface area contributed by atoms with E-state index in [1.807, 2.05) is 0 Å². The molecule has 1 saturated carbocycles. The van der Waals surface area contributed by atoms with Crippen molar-refractivity contribution in [3.63, 3.8) is 0 Å². The summed E-state index contributed by atoms with van der Waals surface area (Å²) in [5, 5.41) is 0. The van der Waals surface area contributed by atoms with Crippen molar-refractivity contribution in [1.82, 2.24) is 13.9 Å². The van der Waals surface area contributed by atoms with Gasteiger partial charge in [0, 0.05) is 32.3 Å². The molecule has 0 bridgehead atoms. The fraction of sp³-hybridized carbons (Fsp3) is 1.00. The van der Waals surface area contributed by atoms with Gasteiger partial charge in [0.2, 0.25) is 0 Å². The van der Waals surface area contributed by atoms with Crippen molar-refractivity contribution in [2.75, 3.05) is 47.4 Å². The van der Waals surface area contributed by atoms with E-state index >= 15 is 0 Å². The van der Waals surface area contributed by atoms with Crippen LogP contribution in [0.15, 0.2) is 0 Å². The molecule has 1 atom stereocenters. The molecule has 0 radical (unpaired) electrons. The van der Waals surface area contributed by atoms with Crippen LogP contribution in [0, 0.1) is 5.92 Å². The summed E-state index contributed by atoms with van der Waals surface area (Å²) in [5.41, 5.74) is -0.0347. The van der Waals surface area contributed by atoms with E-state index in [1.165, 1.54) is 19.3 Å². The smallest absolute Gasteiger partial charge is 0.279 e. The second-order valence-electron chi connectivity index (χ2n) is 7.33. The van der Waals surface area contributed by atoms with E-state index in [0.29, 0.717) is 32.2 Å². The van der Waals surface area contributed by atoms with E-state index in [2.05, 4.69) is 23.7 Å². The first-order valence-corrected chi connectivity index (χ1v) is 10.2. The van der Waals surface area contributed by atoms with E-state index in [9.17, 15) is 8.42 Å². The molecule has 136 valence electrons. The minimum atomic E-state index is -3.40. The second-order valence-corrected chi connectivity index (χ2v) is 9.08. The lowest BCUT2D eigenvalue weighted by Gasteiger charge is -2.43. The number of piperidine rings is 1. The third-order valence-electron chi connectivity index (χ3n) is 5.54. The van der Waals surface area contributed by atoms with Gasteiger partial charge in [0.15, 0.2) is 0 Å². The zero-order valence-electron chi connectivity index (χ0n) is 14.9. The van der Waals surface area contributed by atoms with Crippen molar-refractivity contribution < 1.29 is 13.2 Å². The molecule has 0 aromatic carbocycles. The Labute approximate surface area is 141 Å². The summed E-state index contributed by atoms with van der Waals surface area (Å²) in [6.45, 7) is 2.32. The Balaban J connectivity index is 1.97. The molecule has 1 aliphatic carbocycles. The van der Waals surface area contributed by atoms with Gasteiger partial charge in [-0.2, -0.15) is 12.7 Å². The molecule has 1 unspecified atom stereocenters. The van der Waals surface area contributed by atoms with Crippen LogP contribution in [0.4, 0.5) is 0 Å². The monoisotopic (exact) mass is 347 g/mol. The van der Waals surface area contributed by atoms with Crippen molar-refractivity contribution >= 4 is 10.2 Å². The number of nitrogens with zero attached hydrogens (tertiary/aromatic N) is 2. The largest absolute Gasteiger partial charge is 0.384 e. The average Bonchev–Trinajstić information content (AvgIpc) is 2.54. The Kier molecular flexibility index (Phi) is 6.86. The minimum absolute atomic E-state index is 0.0347. The Morgan fingerprint density at radius 1 is 1.22 bits per heavy atom. The number of ether oxygens (including phenoxy) is 1. The van der Waals surface area contributed by atoms with Crippen LogP contribution in [0.5, 0.6) is 0 Å². The van der Waals surface area contributed by atoms with Gasteiger partial charge in [-0.25, -0.2) is 4.72 Å². The summed E-state index contributed by atoms with van der Waals surface area (Å²) in [6.07, 6.45) is 7.70. The fourth-order valence-electron chi connectivity index (χ4n) is 3.93. The van der Waals surface area contributed by atoms with Gasteiger partial charge in [0.25, 0.3) is 10.2 Å². The number of rotatable bonds is 7. The molecule has 1 N–H and O–H groups in total. The zero-order chi connectivity index (χ0) is 16.9. The Morgan fingerprint density at radius 3 is 2.52 bits per heavy atom. The molecule has 23 heavy (non-hydrogen) atoms. The molecule has 0 amide bonds. The molecule has 2 fully saturated rings. The van der Waals surface area contributed by atoms with Gasteiger partial charge in [-0.05, 0) is 45.7 Å². The second kappa shape index (κ2) is 8.25. The molecule has 0 aromatic heterocycles. The van der Waals surface area contributed by atoms with E-state index in [1.54, 1.807) is 11.4 Å². The lowest BCUT2D eigenvalue weighted by Crippen LogP contribution is -2.56. The maximum Gasteiger partial charge on any atom is 0.279 e. The standard InChI is InChI=1S/C16H33N3O3S/c1-18(2)16(9-5-4-6-10-16)14-17-23(20,21)19-11-7-8-15(12-19)13-22-3/h15,17H,4-14H2,1-3H3. The number of hydrogen-bond donors (Lipinski definition) is 1. The molecule has 1 saturated heterocycles. The average molecular weight is 348 g/mol. The quantitative estimate of drug-likeness (QED) is 0.757. The molecule has 6 nitrogen and oxygen atoms in total. The highest BCUT2D eigenvalue weighted by Gasteiger charge is 2.37. The van der Waals surface area contributed by atoms with Crippen molar-refractivity contribution in [2.24, 2.45) is 5.92 Å². The highest BCUT2D eigenvalue weighted by molar-refractivity contribution is 7.87. The van der Waals surface area contributed by atoms with E-state index < -0.39 is 10.2 Å². The van der Waals surface area contributed by atoms with Gasteiger partial charge < -0.3 is 9.64 Å². The van der Waals surface area contributed by atoms with Gasteiger partial charge in [0.1, 0.15) is 0 Å². The van der Waals surface area contributed by atoms with Gasteiger partial charge in [-0.15, -0.1) is 0 Å². The van der Waals surface area contributed by atoms with Crippen LogP contribution in [0.2, 0.25) is 0 Å². The van der Waals surface area contributed by atoms with Crippen molar-refractivity contribution in [3.8, 4) is 0 Å². The number of nitrogens with one attached hydrogen (secondary N) is 1. The Bertz CT molecular complexity index is 459. The maximum atomic E-state index is 12.7. The molecule has 0 aromatic rings. The lowest BCUT2D eigenvalue weighted by atomic mass is 9.81. The minimum Gasteiger partial charge on any atom is -0.384 e. The van der Waals surface area contributed by atoms with Crippen LogP contribution < -0.4 is 4.72 Å². The van der Waals surface area contributed by atoms with Gasteiger partial charge in [-0.3, -0.25) is 0 Å². The van der Waals surface area contributed by atoms with E-state index in [4.69, 9.17) is 4.74 Å². The summed E-state index contributed by atoms with van der Waals surface area (Å²) in [7, 11) is 2.40. The van der Waals surface area contributed by atoms with Crippen LogP contribution in [0.25, 0.3) is 0 Å². The van der Waals surface area contributed by atoms with Crippen molar-refractivity contribution in [3.05, 3.63) is 0 Å². The summed E-state index contributed by atoms with van der Waals surface area (Å²) in [4.78, 5) is 2.21. The fourth-order valence-corrected chi connectivity index (χ4v) is 5.34. The van der Waals surface area contributed by atoms with Gasteiger partial charge in [0.05, 0.1) is 6.61 Å². The Hall–Kier alpha value is -0.210. The highest BCUT2D eigenvalue weighted by Crippen LogP contribution is 2.32. The molecule has 7 heteroatoms. The summed E-state index contributed by atoms with van der Waals surface area (Å²) in [6, 6.07) is 0. The molecule has 0 spiro atoms.